The van der Waals surface area contributed by atoms with E-state index < -0.39 is 43.7 Å². The Labute approximate surface area is 124 Å². The van der Waals surface area contributed by atoms with Crippen LogP contribution >= 0.6 is 11.6 Å². The first-order chi connectivity index (χ1) is 9.69. The fraction of sp³-hybridized carbons (Fsp3) is 0.167. The number of halogens is 2. The maximum absolute atomic E-state index is 13.9. The van der Waals surface area contributed by atoms with E-state index in [0.29, 0.717) is 0 Å². The molecule has 0 unspecified atom stereocenters. The molecule has 1 amide bonds. The number of hydrogen-bond donors (Lipinski definition) is 2. The van der Waals surface area contributed by atoms with E-state index in [0.717, 1.165) is 12.1 Å². The van der Waals surface area contributed by atoms with Crippen molar-refractivity contribution in [2.24, 2.45) is 0 Å². The van der Waals surface area contributed by atoms with Gasteiger partial charge in [0.05, 0.1) is 12.1 Å². The predicted octanol–water partition coefficient (Wildman–Crippen LogP) is 0.700. The van der Waals surface area contributed by atoms with Crippen LogP contribution in [0.15, 0.2) is 17.0 Å². The summed E-state index contributed by atoms with van der Waals surface area (Å²) < 4.78 is 37.8. The monoisotopic (exact) mass is 333 g/mol. The minimum atomic E-state index is -4.40. The number of terminal acetylenes is 1. The van der Waals surface area contributed by atoms with Crippen LogP contribution in [0.3, 0.4) is 0 Å². The van der Waals surface area contributed by atoms with Crippen molar-refractivity contribution in [2.45, 2.75) is 4.90 Å². The zero-order chi connectivity index (χ0) is 16.2. The van der Waals surface area contributed by atoms with Crippen molar-refractivity contribution in [1.82, 2.24) is 5.32 Å². The molecule has 0 bridgehead atoms. The summed E-state index contributed by atoms with van der Waals surface area (Å²) in [7, 11) is -4.40. The third-order valence-electron chi connectivity index (χ3n) is 2.28. The molecule has 0 heterocycles. The molecule has 0 aliphatic rings. The average molecular weight is 334 g/mol. The summed E-state index contributed by atoms with van der Waals surface area (Å²) in [6.45, 7) is -0.188. The number of carbonyl (C=O) groups is 2. The second-order valence-corrected chi connectivity index (χ2v) is 6.20. The van der Waals surface area contributed by atoms with Crippen LogP contribution in [-0.2, 0) is 14.6 Å². The first-order valence-electron chi connectivity index (χ1n) is 5.34. The van der Waals surface area contributed by atoms with Crippen molar-refractivity contribution in [1.29, 1.82) is 0 Å². The van der Waals surface area contributed by atoms with E-state index >= 15 is 0 Å². The summed E-state index contributed by atoms with van der Waals surface area (Å²) in [5.74, 6) is -3.10. The van der Waals surface area contributed by atoms with Gasteiger partial charge in [0.15, 0.2) is 15.7 Å². The number of nitrogens with one attached hydrogen (secondary N) is 1. The van der Waals surface area contributed by atoms with Gasteiger partial charge in [-0.25, -0.2) is 17.6 Å². The highest BCUT2D eigenvalue weighted by molar-refractivity contribution is 7.92. The molecule has 0 aromatic heterocycles. The molecule has 0 atom stereocenters. The maximum atomic E-state index is 13.9. The lowest BCUT2D eigenvalue weighted by atomic mass is 10.2. The molecule has 0 saturated carbocycles. The minimum absolute atomic E-state index is 0.188. The zero-order valence-corrected chi connectivity index (χ0v) is 12.0. The number of sulfone groups is 1. The number of amides is 1. The molecule has 1 aromatic carbocycles. The molecule has 0 saturated heterocycles. The molecular weight excluding hydrogens is 325 g/mol. The summed E-state index contributed by atoms with van der Waals surface area (Å²) in [5.41, 5.74) is -0.898. The average Bonchev–Trinajstić information content (AvgIpc) is 2.37. The van der Waals surface area contributed by atoms with Crippen LogP contribution in [-0.4, -0.2) is 37.7 Å². The lowest BCUT2D eigenvalue weighted by molar-refractivity contribution is -0.118. The van der Waals surface area contributed by atoms with E-state index in [2.05, 4.69) is 11.2 Å². The van der Waals surface area contributed by atoms with Gasteiger partial charge < -0.3 is 10.4 Å². The Morgan fingerprint density at radius 3 is 2.57 bits per heavy atom. The molecule has 1 aromatic rings. The van der Waals surface area contributed by atoms with Crippen molar-refractivity contribution in [3.8, 4) is 12.3 Å². The third-order valence-corrected chi connectivity index (χ3v) is 4.11. The lowest BCUT2D eigenvalue weighted by Gasteiger charge is -2.08. The summed E-state index contributed by atoms with van der Waals surface area (Å²) in [6.07, 6.45) is 4.89. The highest BCUT2D eigenvalue weighted by atomic mass is 35.5. The Morgan fingerprint density at radius 2 is 2.05 bits per heavy atom. The SMILES string of the molecule is C#CCNC(=O)CS(=O)(=O)c1cc(Cl)cc(C(=O)O)c1F. The molecule has 9 heteroatoms. The van der Waals surface area contributed by atoms with Crippen molar-refractivity contribution < 1.29 is 27.5 Å². The smallest absolute Gasteiger partial charge is 0.338 e. The Bertz CT molecular complexity index is 739. The third kappa shape index (κ3) is 4.18. The number of benzene rings is 1. The van der Waals surface area contributed by atoms with E-state index in [4.69, 9.17) is 23.1 Å². The number of carbonyl (C=O) groups excluding carboxylic acids is 1. The predicted molar refractivity (Wildman–Crippen MR) is 72.3 cm³/mol. The fourth-order valence-electron chi connectivity index (χ4n) is 1.40. The normalized spacial score (nSPS) is 10.7. The second-order valence-electron chi connectivity index (χ2n) is 3.81. The molecule has 112 valence electrons. The number of carboxylic acid groups (broad SMARTS) is 1. The number of carboxylic acids is 1. The molecule has 6 nitrogen and oxygen atoms in total. The quantitative estimate of drug-likeness (QED) is 0.773. The maximum Gasteiger partial charge on any atom is 0.338 e. The van der Waals surface area contributed by atoms with Crippen LogP contribution in [0.5, 0.6) is 0 Å². The van der Waals surface area contributed by atoms with Crippen LogP contribution in [0.4, 0.5) is 4.39 Å². The molecular formula is C12H9ClFNO5S. The van der Waals surface area contributed by atoms with Crippen molar-refractivity contribution in [3.05, 3.63) is 28.5 Å². The Hall–Kier alpha value is -2.11. The standard InChI is InChI=1S/C12H9ClFNO5S/c1-2-3-15-10(16)6-21(19,20)9-5-7(13)4-8(11(9)14)12(17)18/h1,4-5H,3,6H2,(H,15,16)(H,17,18). The summed E-state index contributed by atoms with van der Waals surface area (Å²) in [6, 6.07) is 1.52. The minimum Gasteiger partial charge on any atom is -0.478 e. The Morgan fingerprint density at radius 1 is 1.43 bits per heavy atom. The molecule has 0 radical (unpaired) electrons. The lowest BCUT2D eigenvalue weighted by Crippen LogP contribution is -2.31. The highest BCUT2D eigenvalue weighted by Crippen LogP contribution is 2.24. The van der Waals surface area contributed by atoms with Gasteiger partial charge in [-0.2, -0.15) is 0 Å². The van der Waals surface area contributed by atoms with Gasteiger partial charge in [0.2, 0.25) is 5.91 Å². The van der Waals surface area contributed by atoms with Gasteiger partial charge in [0, 0.05) is 5.02 Å². The Balaban J connectivity index is 3.24. The molecule has 0 aliphatic heterocycles. The van der Waals surface area contributed by atoms with Crippen molar-refractivity contribution in [2.75, 3.05) is 12.3 Å². The largest absolute Gasteiger partial charge is 0.478 e. The molecule has 0 fully saturated rings. The topological polar surface area (TPSA) is 101 Å². The summed E-state index contributed by atoms with van der Waals surface area (Å²) >= 11 is 5.57. The zero-order valence-electron chi connectivity index (χ0n) is 10.4. The number of hydrogen-bond acceptors (Lipinski definition) is 4. The van der Waals surface area contributed by atoms with Crippen LogP contribution in [0.2, 0.25) is 5.02 Å². The first-order valence-corrected chi connectivity index (χ1v) is 7.37. The fourth-order valence-corrected chi connectivity index (χ4v) is 2.97. The van der Waals surface area contributed by atoms with E-state index in [1.54, 1.807) is 0 Å². The number of aromatic carboxylic acids is 1. The van der Waals surface area contributed by atoms with Gasteiger partial charge in [-0.1, -0.05) is 17.5 Å². The number of rotatable bonds is 5. The summed E-state index contributed by atoms with van der Waals surface area (Å²) in [4.78, 5) is 21.2. The summed E-state index contributed by atoms with van der Waals surface area (Å²) in [5, 5.41) is 10.6. The molecule has 21 heavy (non-hydrogen) atoms. The molecule has 1 rings (SSSR count). The van der Waals surface area contributed by atoms with Gasteiger partial charge in [-0.15, -0.1) is 6.42 Å². The van der Waals surface area contributed by atoms with Crippen LogP contribution in [0.25, 0.3) is 0 Å². The van der Waals surface area contributed by atoms with E-state index in [-0.39, 0.29) is 11.6 Å². The Kier molecular flexibility index (Phi) is 5.29. The van der Waals surface area contributed by atoms with Gasteiger partial charge in [0.1, 0.15) is 10.6 Å². The van der Waals surface area contributed by atoms with Crippen molar-refractivity contribution >= 4 is 33.3 Å². The molecule has 2 N–H and O–H groups in total. The van der Waals surface area contributed by atoms with Gasteiger partial charge >= 0.3 is 5.97 Å². The highest BCUT2D eigenvalue weighted by Gasteiger charge is 2.27. The van der Waals surface area contributed by atoms with Gasteiger partial charge in [-0.3, -0.25) is 4.79 Å². The van der Waals surface area contributed by atoms with Crippen molar-refractivity contribution in [3.63, 3.8) is 0 Å². The van der Waals surface area contributed by atoms with E-state index in [1.165, 1.54) is 0 Å². The molecule has 0 spiro atoms. The van der Waals surface area contributed by atoms with Gasteiger partial charge in [0.25, 0.3) is 0 Å². The van der Waals surface area contributed by atoms with Crippen LogP contribution in [0.1, 0.15) is 10.4 Å². The van der Waals surface area contributed by atoms with Gasteiger partial charge in [-0.05, 0) is 12.1 Å². The van der Waals surface area contributed by atoms with Crippen LogP contribution < -0.4 is 5.32 Å². The first kappa shape index (κ1) is 16.9. The molecule has 0 aliphatic carbocycles. The second kappa shape index (κ2) is 6.56. The van der Waals surface area contributed by atoms with Crippen LogP contribution in [0, 0.1) is 18.2 Å². The van der Waals surface area contributed by atoms with E-state index in [1.807, 2.05) is 0 Å². The van der Waals surface area contributed by atoms with E-state index in [9.17, 15) is 22.4 Å².